The van der Waals surface area contributed by atoms with E-state index in [9.17, 15) is 0 Å². The van der Waals surface area contributed by atoms with E-state index in [1.807, 2.05) is 0 Å². The maximum atomic E-state index is 6.15. The third-order valence-corrected chi connectivity index (χ3v) is 4.52. The molecule has 23 heavy (non-hydrogen) atoms. The average Bonchev–Trinajstić information content (AvgIpc) is 3.07. The van der Waals surface area contributed by atoms with Crippen molar-refractivity contribution in [1.82, 2.24) is 4.90 Å². The van der Waals surface area contributed by atoms with E-state index in [1.54, 1.807) is 0 Å². The molecule has 1 unspecified atom stereocenters. The summed E-state index contributed by atoms with van der Waals surface area (Å²) in [6, 6.07) is 8.67. The summed E-state index contributed by atoms with van der Waals surface area (Å²) in [6.45, 7) is 7.05. The zero-order chi connectivity index (χ0) is 15.4. The van der Waals surface area contributed by atoms with E-state index in [2.05, 4.69) is 58.1 Å². The van der Waals surface area contributed by atoms with Gasteiger partial charge in [0.05, 0.1) is 6.54 Å². The number of hydrogen-bond donors (Lipinski definition) is 1. The van der Waals surface area contributed by atoms with E-state index in [1.165, 1.54) is 24.1 Å². The van der Waals surface area contributed by atoms with E-state index in [0.717, 1.165) is 32.1 Å². The maximum absolute atomic E-state index is 6.15. The summed E-state index contributed by atoms with van der Waals surface area (Å²) in [4.78, 5) is 9.14. The van der Waals surface area contributed by atoms with Gasteiger partial charge in [-0.1, -0.05) is 31.2 Å². The van der Waals surface area contributed by atoms with Crippen LogP contribution in [0.25, 0.3) is 0 Å². The highest BCUT2D eigenvalue weighted by atomic mass is 127. The van der Waals surface area contributed by atoms with Crippen LogP contribution in [-0.4, -0.2) is 37.0 Å². The molecule has 1 saturated heterocycles. The minimum atomic E-state index is 0. The van der Waals surface area contributed by atoms with Gasteiger partial charge >= 0.3 is 0 Å². The van der Waals surface area contributed by atoms with Crippen LogP contribution in [0.2, 0.25) is 0 Å². The second-order valence-corrected chi connectivity index (χ2v) is 6.41. The fourth-order valence-electron chi connectivity index (χ4n) is 3.17. The van der Waals surface area contributed by atoms with Crippen LogP contribution in [0.4, 0.5) is 5.69 Å². The zero-order valence-corrected chi connectivity index (χ0v) is 16.1. The van der Waals surface area contributed by atoms with Crippen molar-refractivity contribution in [3.05, 3.63) is 42.0 Å². The molecule has 2 aliphatic rings. The molecule has 5 heteroatoms. The van der Waals surface area contributed by atoms with Gasteiger partial charge in [0.1, 0.15) is 0 Å². The van der Waals surface area contributed by atoms with Crippen LogP contribution in [0.1, 0.15) is 25.3 Å². The van der Waals surface area contributed by atoms with Crippen molar-refractivity contribution in [2.75, 3.05) is 31.1 Å². The van der Waals surface area contributed by atoms with Crippen LogP contribution in [0.3, 0.4) is 0 Å². The van der Waals surface area contributed by atoms with Crippen molar-refractivity contribution < 1.29 is 0 Å². The van der Waals surface area contributed by atoms with Crippen LogP contribution < -0.4 is 10.6 Å². The number of halogens is 1. The van der Waals surface area contributed by atoms with Gasteiger partial charge in [0.2, 0.25) is 0 Å². The fourth-order valence-corrected chi connectivity index (χ4v) is 3.17. The molecule has 1 aromatic rings. The van der Waals surface area contributed by atoms with Crippen LogP contribution in [0.5, 0.6) is 0 Å². The summed E-state index contributed by atoms with van der Waals surface area (Å²) in [7, 11) is 0. The Balaban J connectivity index is 0.00000192. The first-order valence-corrected chi connectivity index (χ1v) is 8.26. The second-order valence-electron chi connectivity index (χ2n) is 6.41. The molecule has 3 rings (SSSR count). The smallest absolute Gasteiger partial charge is 0.191 e. The number of hydrogen-bond acceptors (Lipinski definition) is 2. The molecule has 0 spiro atoms. The molecule has 2 heterocycles. The molecule has 1 atom stereocenters. The topological polar surface area (TPSA) is 44.9 Å². The minimum Gasteiger partial charge on any atom is -0.370 e. The number of rotatable bonds is 3. The van der Waals surface area contributed by atoms with Gasteiger partial charge < -0.3 is 15.5 Å². The van der Waals surface area contributed by atoms with Crippen LogP contribution in [-0.2, 0) is 6.54 Å². The molecule has 1 fully saturated rings. The number of nitrogens with zero attached hydrogens (tertiary/aromatic N) is 3. The lowest BCUT2D eigenvalue weighted by Gasteiger charge is -2.31. The Hall–Kier alpha value is -1.24. The number of guanidine groups is 1. The van der Waals surface area contributed by atoms with Crippen molar-refractivity contribution in [2.24, 2.45) is 16.6 Å². The highest BCUT2D eigenvalue weighted by Gasteiger charge is 2.17. The molecule has 0 saturated carbocycles. The Morgan fingerprint density at radius 1 is 1.22 bits per heavy atom. The standard InChI is InChI=1S/C18H26N4.HI/c1-15-5-4-12-22(14-15)18(19)20-13-16-6-8-17(9-7-16)21-10-2-3-11-21;/h2-3,6-9,15H,4-5,10-14H2,1H3,(H2,19,20);1H. The molecule has 0 amide bonds. The summed E-state index contributed by atoms with van der Waals surface area (Å²) in [6.07, 6.45) is 6.93. The molecule has 2 N–H and O–H groups in total. The van der Waals surface area contributed by atoms with Gasteiger partial charge in [-0.2, -0.15) is 0 Å². The molecular formula is C18H27IN4. The SMILES string of the molecule is CC1CCCN(C(N)=NCc2ccc(N3CC=CC3)cc2)C1.I. The average molecular weight is 426 g/mol. The Morgan fingerprint density at radius 3 is 2.57 bits per heavy atom. The molecule has 126 valence electrons. The second kappa shape index (κ2) is 8.57. The first kappa shape index (κ1) is 18.1. The first-order chi connectivity index (χ1) is 10.7. The van der Waals surface area contributed by atoms with Gasteiger partial charge in [-0.15, -0.1) is 24.0 Å². The Bertz CT molecular complexity index is 545. The molecule has 0 radical (unpaired) electrons. The van der Waals surface area contributed by atoms with Gasteiger partial charge in [0, 0.05) is 31.9 Å². The van der Waals surface area contributed by atoms with Crippen LogP contribution in [0.15, 0.2) is 41.4 Å². The van der Waals surface area contributed by atoms with Gasteiger partial charge in [0.25, 0.3) is 0 Å². The van der Waals surface area contributed by atoms with E-state index in [4.69, 9.17) is 5.73 Å². The van der Waals surface area contributed by atoms with E-state index in [0.29, 0.717) is 12.5 Å². The molecule has 0 bridgehead atoms. The predicted octanol–water partition coefficient (Wildman–Crippen LogP) is 3.23. The molecule has 2 aliphatic heterocycles. The molecule has 1 aromatic carbocycles. The van der Waals surface area contributed by atoms with E-state index in [-0.39, 0.29) is 24.0 Å². The van der Waals surface area contributed by atoms with E-state index >= 15 is 0 Å². The highest BCUT2D eigenvalue weighted by Crippen LogP contribution is 2.18. The van der Waals surface area contributed by atoms with Gasteiger partial charge in [-0.3, -0.25) is 0 Å². The van der Waals surface area contributed by atoms with Gasteiger partial charge in [0.15, 0.2) is 5.96 Å². The normalized spacial score (nSPS) is 21.4. The zero-order valence-electron chi connectivity index (χ0n) is 13.8. The maximum Gasteiger partial charge on any atom is 0.191 e. The summed E-state index contributed by atoms with van der Waals surface area (Å²) < 4.78 is 0. The number of anilines is 1. The number of likely N-dealkylation sites (tertiary alicyclic amines) is 1. The third-order valence-electron chi connectivity index (χ3n) is 4.52. The number of aliphatic imine (C=N–C) groups is 1. The Morgan fingerprint density at radius 2 is 1.91 bits per heavy atom. The predicted molar refractivity (Wildman–Crippen MR) is 109 cm³/mol. The molecular weight excluding hydrogens is 399 g/mol. The Kier molecular flexibility index (Phi) is 6.74. The van der Waals surface area contributed by atoms with Crippen LogP contribution >= 0.6 is 24.0 Å². The lowest BCUT2D eigenvalue weighted by atomic mass is 10.0. The van der Waals surface area contributed by atoms with Crippen LogP contribution in [0, 0.1) is 5.92 Å². The van der Waals surface area contributed by atoms with Crippen molar-refractivity contribution in [3.8, 4) is 0 Å². The molecule has 4 nitrogen and oxygen atoms in total. The van der Waals surface area contributed by atoms with Crippen molar-refractivity contribution in [2.45, 2.75) is 26.3 Å². The monoisotopic (exact) mass is 426 g/mol. The fraction of sp³-hybridized carbons (Fsp3) is 0.500. The quantitative estimate of drug-likeness (QED) is 0.350. The van der Waals surface area contributed by atoms with Crippen molar-refractivity contribution in [1.29, 1.82) is 0 Å². The van der Waals surface area contributed by atoms with Crippen molar-refractivity contribution in [3.63, 3.8) is 0 Å². The summed E-state index contributed by atoms with van der Waals surface area (Å²) in [5.41, 5.74) is 8.63. The summed E-state index contributed by atoms with van der Waals surface area (Å²) >= 11 is 0. The third kappa shape index (κ3) is 4.86. The number of piperidine rings is 1. The highest BCUT2D eigenvalue weighted by molar-refractivity contribution is 14.0. The molecule has 0 aromatic heterocycles. The van der Waals surface area contributed by atoms with Gasteiger partial charge in [-0.05, 0) is 36.5 Å². The number of nitrogens with two attached hydrogens (primary N) is 1. The summed E-state index contributed by atoms with van der Waals surface area (Å²) in [5, 5.41) is 0. The van der Waals surface area contributed by atoms with Crippen molar-refractivity contribution >= 4 is 35.6 Å². The van der Waals surface area contributed by atoms with E-state index < -0.39 is 0 Å². The molecule has 0 aliphatic carbocycles. The van der Waals surface area contributed by atoms with Gasteiger partial charge in [-0.25, -0.2) is 4.99 Å². The lowest BCUT2D eigenvalue weighted by Crippen LogP contribution is -2.43. The largest absolute Gasteiger partial charge is 0.370 e. The number of benzene rings is 1. The lowest BCUT2D eigenvalue weighted by molar-refractivity contribution is 0.270. The summed E-state index contributed by atoms with van der Waals surface area (Å²) in [5.74, 6) is 1.41. The minimum absolute atomic E-state index is 0. The Labute approximate surface area is 156 Å². The first-order valence-electron chi connectivity index (χ1n) is 8.26.